The van der Waals surface area contributed by atoms with Crippen molar-refractivity contribution < 1.29 is 19.1 Å². The van der Waals surface area contributed by atoms with Gasteiger partial charge in [0.25, 0.3) is 0 Å². The molecule has 0 spiro atoms. The highest BCUT2D eigenvalue weighted by Crippen LogP contribution is 2.40. The monoisotopic (exact) mass is 315 g/mol. The third kappa shape index (κ3) is 4.69. The van der Waals surface area contributed by atoms with E-state index in [1.54, 1.807) is 11.9 Å². The summed E-state index contributed by atoms with van der Waals surface area (Å²) in [5, 5.41) is 0. The fourth-order valence-electron chi connectivity index (χ4n) is 2.48. The van der Waals surface area contributed by atoms with Crippen LogP contribution in [-0.2, 0) is 19.1 Å². The summed E-state index contributed by atoms with van der Waals surface area (Å²) in [5.41, 5.74) is -0.485. The lowest BCUT2D eigenvalue weighted by Crippen LogP contribution is -2.48. The molecule has 0 amide bonds. The Balaban J connectivity index is 2.05. The quantitative estimate of drug-likeness (QED) is 0.588. The Kier molecular flexibility index (Phi) is 5.33. The molecule has 21 heavy (non-hydrogen) atoms. The van der Waals surface area contributed by atoms with Crippen LogP contribution in [-0.4, -0.2) is 52.7 Å². The fraction of sp³-hybridized carbons (Fsp3) is 0.867. The number of hydrogen-bond donors (Lipinski definition) is 0. The molecule has 0 aliphatic carbocycles. The first-order valence-electron chi connectivity index (χ1n) is 7.58. The van der Waals surface area contributed by atoms with Crippen LogP contribution in [0.4, 0.5) is 0 Å². The Morgan fingerprint density at radius 3 is 2.33 bits per heavy atom. The van der Waals surface area contributed by atoms with E-state index in [2.05, 4.69) is 4.31 Å². The van der Waals surface area contributed by atoms with Crippen LogP contribution in [0.5, 0.6) is 0 Å². The topological polar surface area (TPSA) is 55.8 Å². The first-order chi connectivity index (χ1) is 9.81. The average molecular weight is 315 g/mol. The molecule has 0 aromatic rings. The normalized spacial score (nSPS) is 23.9. The van der Waals surface area contributed by atoms with Gasteiger partial charge in [0.15, 0.2) is 0 Å². The molecule has 0 aromatic carbocycles. The van der Waals surface area contributed by atoms with E-state index in [0.717, 1.165) is 13.1 Å². The number of piperidine rings is 1. The van der Waals surface area contributed by atoms with Crippen molar-refractivity contribution in [3.63, 3.8) is 0 Å². The number of esters is 1. The van der Waals surface area contributed by atoms with Gasteiger partial charge in [0.05, 0.1) is 0 Å². The first kappa shape index (κ1) is 16.8. The molecular weight excluding hydrogens is 290 g/mol. The maximum absolute atomic E-state index is 12.7. The highest BCUT2D eigenvalue weighted by Gasteiger charge is 2.45. The van der Waals surface area contributed by atoms with Gasteiger partial charge in [-0.05, 0) is 33.6 Å². The van der Waals surface area contributed by atoms with E-state index in [1.807, 2.05) is 20.8 Å². The molecule has 2 saturated heterocycles. The third-order valence-electron chi connectivity index (χ3n) is 3.66. The highest BCUT2D eigenvalue weighted by atomic mass is 32.2. The maximum Gasteiger partial charge on any atom is 0.324 e. The molecule has 120 valence electrons. The predicted molar refractivity (Wildman–Crippen MR) is 82.0 cm³/mol. The van der Waals surface area contributed by atoms with Crippen LogP contribution >= 0.6 is 11.9 Å². The molecule has 0 aromatic heterocycles. The molecule has 5 nitrogen and oxygen atoms in total. The van der Waals surface area contributed by atoms with Crippen LogP contribution in [0.3, 0.4) is 0 Å². The van der Waals surface area contributed by atoms with Crippen molar-refractivity contribution in [1.29, 1.82) is 0 Å². The van der Waals surface area contributed by atoms with Gasteiger partial charge in [-0.15, -0.1) is 0 Å². The predicted octanol–water partition coefficient (Wildman–Crippen LogP) is 2.19. The Morgan fingerprint density at radius 1 is 1.24 bits per heavy atom. The van der Waals surface area contributed by atoms with Crippen molar-refractivity contribution in [2.45, 2.75) is 56.8 Å². The molecular formula is C15H25NO4S. The average Bonchev–Trinajstić information content (AvgIpc) is 2.41. The number of Topliss-reactive ketones (excluding diaryl/α,β-unsaturated/α-hetero) is 1. The van der Waals surface area contributed by atoms with Crippen molar-refractivity contribution in [3.05, 3.63) is 0 Å². The molecule has 2 rings (SSSR count). The van der Waals surface area contributed by atoms with Gasteiger partial charge < -0.3 is 9.47 Å². The molecule has 0 atom stereocenters. The van der Waals surface area contributed by atoms with E-state index >= 15 is 0 Å². The summed E-state index contributed by atoms with van der Waals surface area (Å²) < 4.78 is 12.6. The zero-order chi connectivity index (χ0) is 15.5. The summed E-state index contributed by atoms with van der Waals surface area (Å²) in [5.74, 6) is 0.158. The van der Waals surface area contributed by atoms with E-state index in [1.165, 1.54) is 0 Å². The number of ketones is 1. The van der Waals surface area contributed by atoms with Crippen LogP contribution in [0.2, 0.25) is 0 Å². The minimum absolute atomic E-state index is 0.153. The second-order valence-corrected chi connectivity index (χ2v) is 8.15. The smallest absolute Gasteiger partial charge is 0.324 e. The number of hydrogen-bond acceptors (Lipinski definition) is 6. The van der Waals surface area contributed by atoms with E-state index < -0.39 is 10.3 Å². The summed E-state index contributed by atoms with van der Waals surface area (Å²) >= 11 is 1.57. The standard InChI is InChI=1S/C15H25NO4S/c1-14(2,3)20-13(18)15(6-10-19-11-7-15)21-16-8-4-12(17)5-9-16/h4-11H2,1-3H3. The van der Waals surface area contributed by atoms with Gasteiger partial charge in [-0.2, -0.15) is 0 Å². The molecule has 0 N–H and O–H groups in total. The minimum atomic E-state index is -0.564. The van der Waals surface area contributed by atoms with Gasteiger partial charge in [0, 0.05) is 39.1 Å². The lowest BCUT2D eigenvalue weighted by Gasteiger charge is -2.40. The van der Waals surface area contributed by atoms with Gasteiger partial charge in [-0.25, -0.2) is 4.31 Å². The van der Waals surface area contributed by atoms with Gasteiger partial charge in [0.2, 0.25) is 0 Å². The maximum atomic E-state index is 12.7. The molecule has 0 unspecified atom stereocenters. The third-order valence-corrected chi connectivity index (χ3v) is 5.20. The van der Waals surface area contributed by atoms with Crippen LogP contribution < -0.4 is 0 Å². The second kappa shape index (κ2) is 6.67. The summed E-state index contributed by atoms with van der Waals surface area (Å²) in [7, 11) is 0. The molecule has 0 saturated carbocycles. The molecule has 0 bridgehead atoms. The zero-order valence-corrected chi connectivity index (χ0v) is 14.0. The van der Waals surface area contributed by atoms with E-state index in [9.17, 15) is 9.59 Å². The Morgan fingerprint density at radius 2 is 1.81 bits per heavy atom. The van der Waals surface area contributed by atoms with Crippen molar-refractivity contribution in [2.75, 3.05) is 26.3 Å². The van der Waals surface area contributed by atoms with E-state index in [-0.39, 0.29) is 5.97 Å². The van der Waals surface area contributed by atoms with Crippen molar-refractivity contribution in [3.8, 4) is 0 Å². The SMILES string of the molecule is CC(C)(C)OC(=O)C1(SN2CCC(=O)CC2)CCOCC1. The lowest BCUT2D eigenvalue weighted by molar-refractivity contribution is -0.160. The molecule has 2 aliphatic heterocycles. The molecule has 2 heterocycles. The molecule has 6 heteroatoms. The lowest BCUT2D eigenvalue weighted by atomic mass is 9.99. The summed E-state index contributed by atoms with van der Waals surface area (Å²) in [6.45, 7) is 8.27. The van der Waals surface area contributed by atoms with Gasteiger partial charge >= 0.3 is 5.97 Å². The van der Waals surface area contributed by atoms with E-state index in [4.69, 9.17) is 9.47 Å². The number of ether oxygens (including phenoxy) is 2. The summed E-state index contributed by atoms with van der Waals surface area (Å²) in [6, 6.07) is 0. The Bertz CT molecular complexity index is 389. The van der Waals surface area contributed by atoms with Gasteiger partial charge in [-0.1, -0.05) is 11.9 Å². The minimum Gasteiger partial charge on any atom is -0.459 e. The number of carbonyl (C=O) groups is 2. The van der Waals surface area contributed by atoms with E-state index in [0.29, 0.717) is 44.7 Å². The van der Waals surface area contributed by atoms with Crippen LogP contribution in [0.15, 0.2) is 0 Å². The summed E-state index contributed by atoms with van der Waals surface area (Å²) in [6.07, 6.45) is 2.48. The number of carbonyl (C=O) groups excluding carboxylic acids is 2. The van der Waals surface area contributed by atoms with Crippen LogP contribution in [0.1, 0.15) is 46.5 Å². The zero-order valence-electron chi connectivity index (χ0n) is 13.1. The largest absolute Gasteiger partial charge is 0.459 e. The molecule has 2 fully saturated rings. The Hall–Kier alpha value is -0.590. The van der Waals surface area contributed by atoms with Gasteiger partial charge in [0.1, 0.15) is 16.1 Å². The van der Waals surface area contributed by atoms with Crippen molar-refractivity contribution in [2.24, 2.45) is 0 Å². The second-order valence-electron chi connectivity index (χ2n) is 6.67. The first-order valence-corrected chi connectivity index (χ1v) is 8.35. The Labute approximate surface area is 130 Å². The van der Waals surface area contributed by atoms with Crippen molar-refractivity contribution in [1.82, 2.24) is 4.31 Å². The van der Waals surface area contributed by atoms with Crippen LogP contribution in [0.25, 0.3) is 0 Å². The summed E-state index contributed by atoms with van der Waals surface area (Å²) in [4.78, 5) is 24.0. The molecule has 2 aliphatic rings. The highest BCUT2D eigenvalue weighted by molar-refractivity contribution is 7.99. The van der Waals surface area contributed by atoms with Crippen LogP contribution in [0, 0.1) is 0 Å². The number of nitrogens with zero attached hydrogens (tertiary/aromatic N) is 1. The fourth-order valence-corrected chi connectivity index (χ4v) is 3.80. The van der Waals surface area contributed by atoms with Gasteiger partial charge in [-0.3, -0.25) is 9.59 Å². The van der Waals surface area contributed by atoms with Crippen molar-refractivity contribution >= 4 is 23.7 Å². The number of rotatable bonds is 3. The molecule has 0 radical (unpaired) electrons.